The van der Waals surface area contributed by atoms with Gasteiger partial charge < -0.3 is 19.0 Å². The number of likely N-dealkylation sites (tertiary alicyclic amines) is 1. The maximum absolute atomic E-state index is 13.3. The van der Waals surface area contributed by atoms with Crippen molar-refractivity contribution >= 4 is 26.3 Å². The fourth-order valence-corrected chi connectivity index (χ4v) is 5.69. The monoisotopic (exact) mass is 557 g/mol. The highest BCUT2D eigenvalue weighted by Gasteiger charge is 2.43. The first-order chi connectivity index (χ1) is 17.0. The van der Waals surface area contributed by atoms with Crippen LogP contribution in [-0.2, 0) is 23.5 Å². The van der Waals surface area contributed by atoms with Crippen molar-refractivity contribution in [1.29, 1.82) is 0 Å². The van der Waals surface area contributed by atoms with Gasteiger partial charge in [-0.1, -0.05) is 48.5 Å². The Balaban J connectivity index is 3.03. The molecule has 0 spiro atoms. The average Bonchev–Trinajstić information content (AvgIpc) is 3.19. The van der Waals surface area contributed by atoms with Crippen molar-refractivity contribution < 1.29 is 33.4 Å². The highest BCUT2D eigenvalue weighted by molar-refractivity contribution is 6.74. The van der Waals surface area contributed by atoms with Crippen molar-refractivity contribution in [3.8, 4) is 0 Å². The first-order valence-electron chi connectivity index (χ1n) is 14.1. The number of amides is 1. The minimum Gasteiger partial charge on any atom is -0.481 e. The standard InChI is InChI=1S/C29H55NO7Si/c1-19(17-22(20(2)24(31)32)37-38(12,13)29(9,10)11)18-23(27(3,4)5)35-25(33)21-15-14-16-30(21)26(34)36-28(6,7)8/h19-23H,14-18H2,1-13H3,(H,31,32)/t19-,20-,21-,22-,23-/m0/s1. The summed E-state index contributed by atoms with van der Waals surface area (Å²) in [6, 6.07) is -0.660. The van der Waals surface area contributed by atoms with Crippen molar-refractivity contribution in [1.82, 2.24) is 4.90 Å². The minimum atomic E-state index is -2.20. The maximum Gasteiger partial charge on any atom is 0.411 e. The smallest absolute Gasteiger partial charge is 0.411 e. The molecule has 0 unspecified atom stereocenters. The van der Waals surface area contributed by atoms with Gasteiger partial charge in [0.05, 0.1) is 12.0 Å². The van der Waals surface area contributed by atoms with Gasteiger partial charge in [-0.15, -0.1) is 0 Å². The molecule has 0 aromatic rings. The second-order valence-corrected chi connectivity index (χ2v) is 19.5. The molecule has 1 aliphatic heterocycles. The fourth-order valence-electron chi connectivity index (χ4n) is 4.27. The summed E-state index contributed by atoms with van der Waals surface area (Å²) in [6.07, 6.45) is 1.05. The van der Waals surface area contributed by atoms with Crippen LogP contribution in [0, 0.1) is 17.3 Å². The molecule has 5 atom stereocenters. The number of rotatable bonds is 10. The summed E-state index contributed by atoms with van der Waals surface area (Å²) in [7, 11) is -2.20. The third-order valence-corrected chi connectivity index (χ3v) is 12.3. The second-order valence-electron chi connectivity index (χ2n) is 14.7. The van der Waals surface area contributed by atoms with Gasteiger partial charge in [0, 0.05) is 6.54 Å². The lowest BCUT2D eigenvalue weighted by Crippen LogP contribution is -2.47. The van der Waals surface area contributed by atoms with Gasteiger partial charge in [0.2, 0.25) is 0 Å². The van der Waals surface area contributed by atoms with Crippen LogP contribution < -0.4 is 0 Å². The molecule has 1 fully saturated rings. The Morgan fingerprint density at radius 2 is 1.53 bits per heavy atom. The van der Waals surface area contributed by atoms with E-state index in [0.29, 0.717) is 25.8 Å². The van der Waals surface area contributed by atoms with Crippen LogP contribution in [0.1, 0.15) is 102 Å². The summed E-state index contributed by atoms with van der Waals surface area (Å²) in [5.41, 5.74) is -0.985. The van der Waals surface area contributed by atoms with E-state index >= 15 is 0 Å². The number of aliphatic carboxylic acids is 1. The van der Waals surface area contributed by atoms with Crippen LogP contribution >= 0.6 is 0 Å². The second kappa shape index (κ2) is 12.7. The molecular weight excluding hydrogens is 502 g/mol. The Morgan fingerprint density at radius 3 is 1.97 bits per heavy atom. The summed E-state index contributed by atoms with van der Waals surface area (Å²) in [5.74, 6) is -1.88. The molecule has 0 radical (unpaired) electrons. The van der Waals surface area contributed by atoms with E-state index in [1.807, 2.05) is 20.8 Å². The van der Waals surface area contributed by atoms with Crippen LogP contribution in [-0.4, -0.2) is 66.8 Å². The minimum absolute atomic E-state index is 0.0442. The average molecular weight is 558 g/mol. The molecular formula is C29H55NO7Si. The number of carboxylic acid groups (broad SMARTS) is 1. The van der Waals surface area contributed by atoms with E-state index in [0.717, 1.165) is 6.42 Å². The van der Waals surface area contributed by atoms with Gasteiger partial charge in [-0.25, -0.2) is 9.59 Å². The Labute approximate surface area is 232 Å². The summed E-state index contributed by atoms with van der Waals surface area (Å²) >= 11 is 0. The number of hydrogen-bond acceptors (Lipinski definition) is 6. The van der Waals surface area contributed by atoms with E-state index in [1.165, 1.54) is 4.90 Å². The summed E-state index contributed by atoms with van der Waals surface area (Å²) in [5, 5.41) is 9.74. The molecule has 38 heavy (non-hydrogen) atoms. The van der Waals surface area contributed by atoms with Crippen LogP contribution in [0.2, 0.25) is 18.1 Å². The highest BCUT2D eigenvalue weighted by Crippen LogP contribution is 2.40. The van der Waals surface area contributed by atoms with Crippen LogP contribution in [0.5, 0.6) is 0 Å². The molecule has 0 aromatic carbocycles. The van der Waals surface area contributed by atoms with Crippen molar-refractivity contribution in [2.75, 3.05) is 6.54 Å². The predicted molar refractivity (Wildman–Crippen MR) is 153 cm³/mol. The van der Waals surface area contributed by atoms with E-state index in [1.54, 1.807) is 27.7 Å². The van der Waals surface area contributed by atoms with Gasteiger partial charge in [0.1, 0.15) is 17.7 Å². The van der Waals surface area contributed by atoms with Gasteiger partial charge in [-0.2, -0.15) is 0 Å². The van der Waals surface area contributed by atoms with E-state index in [2.05, 4.69) is 40.8 Å². The first kappa shape index (κ1) is 34.4. The number of hydrogen-bond donors (Lipinski definition) is 1. The lowest BCUT2D eigenvalue weighted by molar-refractivity contribution is -0.161. The Morgan fingerprint density at radius 1 is 0.974 bits per heavy atom. The van der Waals surface area contributed by atoms with Crippen LogP contribution in [0.4, 0.5) is 4.79 Å². The van der Waals surface area contributed by atoms with Gasteiger partial charge >= 0.3 is 18.0 Å². The van der Waals surface area contributed by atoms with E-state index in [9.17, 15) is 19.5 Å². The molecule has 8 nitrogen and oxygen atoms in total. The number of nitrogens with zero attached hydrogens (tertiary/aromatic N) is 1. The van der Waals surface area contributed by atoms with Gasteiger partial charge in [-0.05, 0) is 82.8 Å². The Hall–Kier alpha value is -1.61. The molecule has 1 amide bonds. The van der Waals surface area contributed by atoms with Crippen LogP contribution in [0.15, 0.2) is 0 Å². The zero-order chi connectivity index (χ0) is 29.9. The molecule has 222 valence electrons. The lowest BCUT2D eigenvalue weighted by atomic mass is 9.81. The first-order valence-corrected chi connectivity index (χ1v) is 17.0. The predicted octanol–water partition coefficient (Wildman–Crippen LogP) is 6.87. The topological polar surface area (TPSA) is 102 Å². The normalized spacial score (nSPS) is 20.4. The molecule has 0 bridgehead atoms. The number of carbonyl (C=O) groups is 3. The molecule has 0 aromatic heterocycles. The van der Waals surface area contributed by atoms with E-state index in [4.69, 9.17) is 13.9 Å². The third-order valence-electron chi connectivity index (χ3n) is 7.83. The van der Waals surface area contributed by atoms with Gasteiger partial charge in [0.15, 0.2) is 8.32 Å². The third kappa shape index (κ3) is 10.2. The SMILES string of the molecule is C[C@@H](C[C@H](O[Si](C)(C)C(C)(C)C)[C@H](C)C(=O)O)C[C@H](OC(=O)[C@@H]1CCCN1C(=O)OC(C)(C)C)C(C)(C)C. The molecule has 1 rings (SSSR count). The van der Waals surface area contributed by atoms with Gasteiger partial charge in [0.25, 0.3) is 0 Å². The van der Waals surface area contributed by atoms with Crippen molar-refractivity contribution in [3.63, 3.8) is 0 Å². The van der Waals surface area contributed by atoms with E-state index < -0.39 is 56.1 Å². The summed E-state index contributed by atoms with van der Waals surface area (Å²) < 4.78 is 18.2. The lowest BCUT2D eigenvalue weighted by Gasteiger charge is -2.41. The number of esters is 1. The number of ether oxygens (including phenoxy) is 2. The largest absolute Gasteiger partial charge is 0.481 e. The Kier molecular flexibility index (Phi) is 11.5. The molecule has 1 N–H and O–H groups in total. The molecule has 9 heteroatoms. The zero-order valence-corrected chi connectivity index (χ0v) is 27.3. The molecule has 0 saturated carbocycles. The van der Waals surface area contributed by atoms with Crippen LogP contribution in [0.3, 0.4) is 0 Å². The van der Waals surface area contributed by atoms with Gasteiger partial charge in [-0.3, -0.25) is 9.69 Å². The molecule has 0 aliphatic carbocycles. The highest BCUT2D eigenvalue weighted by atomic mass is 28.4. The Bertz CT molecular complexity index is 822. The summed E-state index contributed by atoms with van der Waals surface area (Å²) in [4.78, 5) is 39.4. The molecule has 1 heterocycles. The van der Waals surface area contributed by atoms with E-state index in [-0.39, 0.29) is 16.4 Å². The van der Waals surface area contributed by atoms with Crippen molar-refractivity contribution in [2.45, 2.75) is 144 Å². The quantitative estimate of drug-likeness (QED) is 0.231. The number of carboxylic acids is 1. The number of carbonyl (C=O) groups excluding carboxylic acids is 2. The fraction of sp³-hybridized carbons (Fsp3) is 0.897. The molecule has 1 aliphatic rings. The zero-order valence-electron chi connectivity index (χ0n) is 26.3. The van der Waals surface area contributed by atoms with Crippen molar-refractivity contribution in [3.05, 3.63) is 0 Å². The molecule has 1 saturated heterocycles. The van der Waals surface area contributed by atoms with Crippen molar-refractivity contribution in [2.24, 2.45) is 17.3 Å². The maximum atomic E-state index is 13.3. The van der Waals surface area contributed by atoms with Crippen LogP contribution in [0.25, 0.3) is 0 Å². The summed E-state index contributed by atoms with van der Waals surface area (Å²) in [6.45, 7) is 26.4.